The Kier molecular flexibility index (Phi) is 5.22. The molecule has 1 atom stereocenters. The molecule has 0 unspecified atom stereocenters. The van der Waals surface area contributed by atoms with Crippen molar-refractivity contribution in [2.24, 2.45) is 5.92 Å². The maximum absolute atomic E-state index is 12.1. The topological polar surface area (TPSA) is 42.0 Å². The van der Waals surface area contributed by atoms with Gasteiger partial charge >= 0.3 is 0 Å². The lowest BCUT2D eigenvalue weighted by atomic mass is 10.0. The van der Waals surface area contributed by atoms with Gasteiger partial charge in [-0.15, -0.1) is 11.3 Å². The van der Waals surface area contributed by atoms with Gasteiger partial charge in [-0.3, -0.25) is 4.79 Å². The number of nitrogens with one attached hydrogen (secondary N) is 1. The highest BCUT2D eigenvalue weighted by atomic mass is 32.2. The summed E-state index contributed by atoms with van der Waals surface area (Å²) in [5.41, 5.74) is 0.655. The lowest BCUT2D eigenvalue weighted by Gasteiger charge is -2.25. The van der Waals surface area contributed by atoms with E-state index in [0.717, 1.165) is 16.5 Å². The number of carbonyl (C=O) groups is 1. The number of hydrogen-bond acceptors (Lipinski definition) is 4. The standard InChI is InChI=1S/C13H22N2OS2/c1-8(7-17-6)11(16)15-13(4,5)12-14-9(2)10(3)18-12/h8H,7H2,1-6H3,(H,15,16)/t8-/m1/s1. The van der Waals surface area contributed by atoms with Crippen LogP contribution in [0.4, 0.5) is 0 Å². The predicted octanol–water partition coefficient (Wildman–Crippen LogP) is 3.11. The van der Waals surface area contributed by atoms with Gasteiger partial charge < -0.3 is 5.32 Å². The molecule has 0 radical (unpaired) electrons. The first-order chi connectivity index (χ1) is 8.27. The van der Waals surface area contributed by atoms with E-state index in [2.05, 4.69) is 17.2 Å². The smallest absolute Gasteiger partial charge is 0.224 e. The lowest BCUT2D eigenvalue weighted by Crippen LogP contribution is -2.44. The number of thiazole rings is 1. The van der Waals surface area contributed by atoms with E-state index in [1.165, 1.54) is 4.88 Å². The van der Waals surface area contributed by atoms with Gasteiger partial charge in [-0.1, -0.05) is 6.92 Å². The van der Waals surface area contributed by atoms with Crippen molar-refractivity contribution in [2.45, 2.75) is 40.2 Å². The summed E-state index contributed by atoms with van der Waals surface area (Å²) in [5, 5.41) is 4.07. The predicted molar refractivity (Wildman–Crippen MR) is 80.3 cm³/mol. The van der Waals surface area contributed by atoms with Crippen LogP contribution in [0.1, 0.15) is 36.3 Å². The molecule has 0 aromatic carbocycles. The fourth-order valence-corrected chi connectivity index (χ4v) is 3.17. The Balaban J connectivity index is 2.78. The molecule has 3 nitrogen and oxygen atoms in total. The molecular weight excluding hydrogens is 264 g/mol. The summed E-state index contributed by atoms with van der Waals surface area (Å²) in [4.78, 5) is 17.8. The first-order valence-electron chi connectivity index (χ1n) is 6.03. The van der Waals surface area contributed by atoms with Gasteiger partial charge in [0.1, 0.15) is 5.01 Å². The molecule has 1 aromatic heterocycles. The summed E-state index contributed by atoms with van der Waals surface area (Å²) in [7, 11) is 0. The minimum atomic E-state index is -0.395. The monoisotopic (exact) mass is 286 g/mol. The van der Waals surface area contributed by atoms with Crippen LogP contribution in [-0.4, -0.2) is 22.9 Å². The van der Waals surface area contributed by atoms with Crippen LogP contribution in [0.3, 0.4) is 0 Å². The lowest BCUT2D eigenvalue weighted by molar-refractivity contribution is -0.125. The van der Waals surface area contributed by atoms with Gasteiger partial charge in [-0.25, -0.2) is 4.98 Å². The number of aryl methyl sites for hydroxylation is 2. The normalized spacial score (nSPS) is 13.4. The summed E-state index contributed by atoms with van der Waals surface area (Å²) in [6.07, 6.45) is 2.02. The van der Waals surface area contributed by atoms with E-state index in [1.807, 2.05) is 34.0 Å². The van der Waals surface area contributed by atoms with Crippen LogP contribution in [-0.2, 0) is 10.3 Å². The van der Waals surface area contributed by atoms with Gasteiger partial charge in [-0.2, -0.15) is 11.8 Å². The molecule has 1 aromatic rings. The van der Waals surface area contributed by atoms with Crippen LogP contribution in [0.15, 0.2) is 0 Å². The van der Waals surface area contributed by atoms with Crippen molar-refractivity contribution >= 4 is 29.0 Å². The van der Waals surface area contributed by atoms with E-state index < -0.39 is 5.54 Å². The van der Waals surface area contributed by atoms with E-state index >= 15 is 0 Å². The second kappa shape index (κ2) is 6.06. The SMILES string of the molecule is CSC[C@@H](C)C(=O)NC(C)(C)c1nc(C)c(C)s1. The molecule has 1 N–H and O–H groups in total. The largest absolute Gasteiger partial charge is 0.344 e. The van der Waals surface area contributed by atoms with Crippen molar-refractivity contribution in [1.82, 2.24) is 10.3 Å². The van der Waals surface area contributed by atoms with Crippen molar-refractivity contribution < 1.29 is 4.79 Å². The zero-order valence-electron chi connectivity index (χ0n) is 12.0. The quantitative estimate of drug-likeness (QED) is 0.904. The molecular formula is C13H22N2OS2. The molecule has 1 amide bonds. The van der Waals surface area contributed by atoms with E-state index in [-0.39, 0.29) is 11.8 Å². The molecule has 5 heteroatoms. The fourth-order valence-electron chi connectivity index (χ4n) is 1.55. The average molecular weight is 286 g/mol. The third kappa shape index (κ3) is 3.72. The first kappa shape index (κ1) is 15.5. The molecule has 0 saturated carbocycles. The number of nitrogens with zero attached hydrogens (tertiary/aromatic N) is 1. The van der Waals surface area contributed by atoms with Crippen LogP contribution in [0.25, 0.3) is 0 Å². The van der Waals surface area contributed by atoms with Gasteiger partial charge in [0.05, 0.1) is 11.2 Å². The Morgan fingerprint density at radius 1 is 1.50 bits per heavy atom. The number of rotatable bonds is 5. The summed E-state index contributed by atoms with van der Waals surface area (Å²) >= 11 is 3.35. The molecule has 102 valence electrons. The molecule has 0 fully saturated rings. The van der Waals surface area contributed by atoms with E-state index in [9.17, 15) is 4.79 Å². The Bertz CT molecular complexity index is 407. The number of hydrogen-bond donors (Lipinski definition) is 1. The zero-order chi connectivity index (χ0) is 13.9. The van der Waals surface area contributed by atoms with Crippen molar-refractivity contribution in [2.75, 3.05) is 12.0 Å². The van der Waals surface area contributed by atoms with Crippen molar-refractivity contribution in [3.8, 4) is 0 Å². The van der Waals surface area contributed by atoms with Gasteiger partial charge in [0, 0.05) is 16.5 Å². The van der Waals surface area contributed by atoms with Gasteiger partial charge in [0.15, 0.2) is 0 Å². The number of aromatic nitrogens is 1. The Morgan fingerprint density at radius 2 is 2.11 bits per heavy atom. The Labute approximate surface area is 118 Å². The maximum Gasteiger partial charge on any atom is 0.224 e. The summed E-state index contributed by atoms with van der Waals surface area (Å²) in [6.45, 7) is 10.0. The first-order valence-corrected chi connectivity index (χ1v) is 8.24. The highest BCUT2D eigenvalue weighted by Gasteiger charge is 2.28. The van der Waals surface area contributed by atoms with Crippen molar-refractivity contribution in [1.29, 1.82) is 0 Å². The summed E-state index contributed by atoms with van der Waals surface area (Å²) < 4.78 is 0. The Morgan fingerprint density at radius 3 is 2.56 bits per heavy atom. The number of carbonyl (C=O) groups excluding carboxylic acids is 1. The van der Waals surface area contributed by atoms with Crippen LogP contribution in [0.2, 0.25) is 0 Å². The van der Waals surface area contributed by atoms with E-state index in [4.69, 9.17) is 0 Å². The number of thioether (sulfide) groups is 1. The van der Waals surface area contributed by atoms with Gasteiger partial charge in [0.2, 0.25) is 5.91 Å². The van der Waals surface area contributed by atoms with Crippen molar-refractivity contribution in [3.63, 3.8) is 0 Å². The molecule has 0 bridgehead atoms. The minimum absolute atomic E-state index is 0.0291. The summed E-state index contributed by atoms with van der Waals surface area (Å²) in [6, 6.07) is 0. The highest BCUT2D eigenvalue weighted by molar-refractivity contribution is 7.98. The van der Waals surface area contributed by atoms with E-state index in [1.54, 1.807) is 23.1 Å². The molecule has 0 saturated heterocycles. The van der Waals surface area contributed by atoms with Crippen LogP contribution < -0.4 is 5.32 Å². The molecule has 1 rings (SSSR count). The van der Waals surface area contributed by atoms with Gasteiger partial charge in [-0.05, 0) is 34.0 Å². The van der Waals surface area contributed by atoms with E-state index in [0.29, 0.717) is 0 Å². The van der Waals surface area contributed by atoms with Crippen LogP contribution >= 0.6 is 23.1 Å². The fraction of sp³-hybridized carbons (Fsp3) is 0.692. The maximum atomic E-state index is 12.1. The molecule has 0 aliphatic carbocycles. The second-order valence-corrected chi connectivity index (χ2v) is 7.25. The molecule has 0 aliphatic rings. The van der Waals surface area contributed by atoms with Crippen molar-refractivity contribution in [3.05, 3.63) is 15.6 Å². The third-order valence-electron chi connectivity index (χ3n) is 2.86. The average Bonchev–Trinajstić information content (AvgIpc) is 2.60. The second-order valence-electron chi connectivity index (χ2n) is 5.13. The third-order valence-corrected chi connectivity index (χ3v) is 5.09. The zero-order valence-corrected chi connectivity index (χ0v) is 13.6. The highest BCUT2D eigenvalue weighted by Crippen LogP contribution is 2.27. The molecule has 0 spiro atoms. The molecule has 1 heterocycles. The van der Waals surface area contributed by atoms with Crippen LogP contribution in [0, 0.1) is 19.8 Å². The molecule has 18 heavy (non-hydrogen) atoms. The van der Waals surface area contributed by atoms with Gasteiger partial charge in [0.25, 0.3) is 0 Å². The molecule has 0 aliphatic heterocycles. The summed E-state index contributed by atoms with van der Waals surface area (Å²) in [5.74, 6) is 0.971. The minimum Gasteiger partial charge on any atom is -0.344 e. The van der Waals surface area contributed by atoms with Crippen LogP contribution in [0.5, 0.6) is 0 Å². The Hall–Kier alpha value is -0.550. The number of amides is 1.